The number of ether oxygens (including phenoxy) is 2. The summed E-state index contributed by atoms with van der Waals surface area (Å²) in [6.45, 7) is 3.43. The number of aromatic nitrogens is 1. The van der Waals surface area contributed by atoms with Gasteiger partial charge in [0.25, 0.3) is 5.56 Å². The average Bonchev–Trinajstić information content (AvgIpc) is 3.23. The molecule has 29 heavy (non-hydrogen) atoms. The molecule has 0 radical (unpaired) electrons. The Morgan fingerprint density at radius 3 is 2.69 bits per heavy atom. The lowest BCUT2D eigenvalue weighted by atomic mass is 10.1. The van der Waals surface area contributed by atoms with Gasteiger partial charge >= 0.3 is 5.97 Å². The largest absolute Gasteiger partial charge is 0.493 e. The van der Waals surface area contributed by atoms with Crippen molar-refractivity contribution in [3.05, 3.63) is 81.2 Å². The van der Waals surface area contributed by atoms with Gasteiger partial charge in [0.05, 0.1) is 19.6 Å². The van der Waals surface area contributed by atoms with Crippen molar-refractivity contribution in [2.24, 2.45) is 5.10 Å². The standard InChI is InChI=1S/C21H17N3O5/c1-13-9-14(2)24(20(25)16(13)11-22)23-12-15-6-7-17(19(10-15)27-3)29-21(26)18-5-4-8-28-18/h4-10,12H,1-3H3. The molecule has 2 aromatic heterocycles. The molecule has 8 nitrogen and oxygen atoms in total. The maximum Gasteiger partial charge on any atom is 0.379 e. The molecule has 0 spiro atoms. The smallest absolute Gasteiger partial charge is 0.379 e. The van der Waals surface area contributed by atoms with Gasteiger partial charge in [0.1, 0.15) is 11.6 Å². The topological polar surface area (TPSA) is 107 Å². The van der Waals surface area contributed by atoms with Gasteiger partial charge in [-0.05, 0) is 61.4 Å². The highest BCUT2D eigenvalue weighted by molar-refractivity contribution is 5.89. The van der Waals surface area contributed by atoms with E-state index in [1.54, 1.807) is 44.2 Å². The fourth-order valence-corrected chi connectivity index (χ4v) is 2.68. The summed E-state index contributed by atoms with van der Waals surface area (Å²) in [7, 11) is 1.44. The molecule has 0 fully saturated rings. The van der Waals surface area contributed by atoms with E-state index < -0.39 is 11.5 Å². The van der Waals surface area contributed by atoms with Crippen LogP contribution in [0.4, 0.5) is 0 Å². The summed E-state index contributed by atoms with van der Waals surface area (Å²) in [5.41, 5.74) is 1.36. The zero-order chi connectivity index (χ0) is 21.0. The molecule has 1 aromatic carbocycles. The van der Waals surface area contributed by atoms with Crippen LogP contribution in [0.3, 0.4) is 0 Å². The van der Waals surface area contributed by atoms with Crippen LogP contribution in [0.2, 0.25) is 0 Å². The highest BCUT2D eigenvalue weighted by Gasteiger charge is 2.15. The first-order chi connectivity index (χ1) is 13.9. The number of methoxy groups -OCH3 is 1. The minimum atomic E-state index is -0.652. The van der Waals surface area contributed by atoms with Crippen LogP contribution in [-0.2, 0) is 0 Å². The monoisotopic (exact) mass is 391 g/mol. The van der Waals surface area contributed by atoms with Crippen molar-refractivity contribution in [1.29, 1.82) is 5.26 Å². The first-order valence-corrected chi connectivity index (χ1v) is 8.56. The van der Waals surface area contributed by atoms with E-state index in [1.165, 1.54) is 25.7 Å². The van der Waals surface area contributed by atoms with E-state index in [4.69, 9.17) is 19.2 Å². The first kappa shape index (κ1) is 19.6. The fourth-order valence-electron chi connectivity index (χ4n) is 2.68. The first-order valence-electron chi connectivity index (χ1n) is 8.56. The third-order valence-electron chi connectivity index (χ3n) is 4.11. The molecular weight excluding hydrogens is 374 g/mol. The summed E-state index contributed by atoms with van der Waals surface area (Å²) in [4.78, 5) is 24.4. The van der Waals surface area contributed by atoms with E-state index in [0.29, 0.717) is 22.6 Å². The second-order valence-electron chi connectivity index (χ2n) is 6.09. The quantitative estimate of drug-likeness (QED) is 0.376. The maximum atomic E-state index is 12.4. The van der Waals surface area contributed by atoms with Crippen LogP contribution >= 0.6 is 0 Å². The molecule has 0 aliphatic rings. The fraction of sp³-hybridized carbons (Fsp3) is 0.143. The minimum Gasteiger partial charge on any atom is -0.493 e. The summed E-state index contributed by atoms with van der Waals surface area (Å²) in [6.07, 6.45) is 2.83. The van der Waals surface area contributed by atoms with Crippen molar-refractivity contribution < 1.29 is 18.7 Å². The number of hydrogen-bond acceptors (Lipinski definition) is 7. The number of benzene rings is 1. The lowest BCUT2D eigenvalue weighted by molar-refractivity contribution is 0.0696. The summed E-state index contributed by atoms with van der Waals surface area (Å²) in [6, 6.07) is 11.5. The number of carbonyl (C=O) groups excluding carboxylic acids is 1. The number of carbonyl (C=O) groups is 1. The van der Waals surface area contributed by atoms with Crippen molar-refractivity contribution in [3.63, 3.8) is 0 Å². The lowest BCUT2D eigenvalue weighted by Gasteiger charge is -2.09. The second-order valence-corrected chi connectivity index (χ2v) is 6.09. The Morgan fingerprint density at radius 2 is 2.03 bits per heavy atom. The highest BCUT2D eigenvalue weighted by Crippen LogP contribution is 2.28. The highest BCUT2D eigenvalue weighted by atomic mass is 16.6. The number of esters is 1. The Morgan fingerprint density at radius 1 is 1.24 bits per heavy atom. The Bertz CT molecular complexity index is 1180. The van der Waals surface area contributed by atoms with Gasteiger partial charge in [0.2, 0.25) is 5.76 Å². The van der Waals surface area contributed by atoms with E-state index in [9.17, 15) is 9.59 Å². The van der Waals surface area contributed by atoms with Gasteiger partial charge < -0.3 is 13.9 Å². The molecule has 0 amide bonds. The minimum absolute atomic E-state index is 0.0468. The van der Waals surface area contributed by atoms with Crippen LogP contribution in [0.5, 0.6) is 11.5 Å². The third-order valence-corrected chi connectivity index (χ3v) is 4.11. The number of rotatable bonds is 5. The van der Waals surface area contributed by atoms with E-state index >= 15 is 0 Å². The van der Waals surface area contributed by atoms with Crippen molar-refractivity contribution in [2.45, 2.75) is 13.8 Å². The lowest BCUT2D eigenvalue weighted by Crippen LogP contribution is -2.22. The molecule has 0 atom stereocenters. The van der Waals surface area contributed by atoms with E-state index in [-0.39, 0.29) is 17.1 Å². The second kappa shape index (κ2) is 8.27. The summed E-state index contributed by atoms with van der Waals surface area (Å²) >= 11 is 0. The van der Waals surface area contributed by atoms with Crippen molar-refractivity contribution in [1.82, 2.24) is 4.68 Å². The molecule has 3 rings (SSSR count). The predicted octanol–water partition coefficient (Wildman–Crippen LogP) is 3.04. The Kier molecular flexibility index (Phi) is 5.60. The summed E-state index contributed by atoms with van der Waals surface area (Å²) in [5, 5.41) is 13.3. The van der Waals surface area contributed by atoms with Gasteiger partial charge in [-0.1, -0.05) is 0 Å². The van der Waals surface area contributed by atoms with Crippen molar-refractivity contribution >= 4 is 12.2 Å². The number of nitriles is 1. The number of nitrogens with zero attached hydrogens (tertiary/aromatic N) is 3. The SMILES string of the molecule is COc1cc(C=Nn2c(C)cc(C)c(C#N)c2=O)ccc1OC(=O)c1ccco1. The van der Waals surface area contributed by atoms with Crippen LogP contribution in [0.1, 0.15) is 32.9 Å². The molecule has 8 heteroatoms. The molecule has 2 heterocycles. The maximum absolute atomic E-state index is 12.4. The average molecular weight is 391 g/mol. The summed E-state index contributed by atoms with van der Waals surface area (Å²) in [5.74, 6) is -0.0677. The van der Waals surface area contributed by atoms with Crippen molar-refractivity contribution in [2.75, 3.05) is 7.11 Å². The molecule has 0 unspecified atom stereocenters. The Hall–Kier alpha value is -4.12. The molecule has 0 bridgehead atoms. The number of furan rings is 1. The van der Waals surface area contributed by atoms with Crippen LogP contribution in [0.25, 0.3) is 0 Å². The van der Waals surface area contributed by atoms with Crippen LogP contribution in [0, 0.1) is 25.2 Å². The van der Waals surface area contributed by atoms with E-state index in [2.05, 4.69) is 5.10 Å². The van der Waals surface area contributed by atoms with E-state index in [0.717, 1.165) is 4.68 Å². The normalized spacial score (nSPS) is 10.7. The Balaban J connectivity index is 1.89. The van der Waals surface area contributed by atoms with E-state index in [1.807, 2.05) is 6.07 Å². The molecule has 0 aliphatic heterocycles. The zero-order valence-electron chi connectivity index (χ0n) is 16.0. The molecule has 3 aromatic rings. The Labute approximate surface area is 166 Å². The van der Waals surface area contributed by atoms with Crippen molar-refractivity contribution in [3.8, 4) is 17.6 Å². The third kappa shape index (κ3) is 4.09. The molecular formula is C21H17N3O5. The van der Waals surface area contributed by atoms with Gasteiger partial charge in [-0.25, -0.2) is 9.47 Å². The zero-order valence-corrected chi connectivity index (χ0v) is 16.0. The number of hydrogen-bond donors (Lipinski definition) is 0. The molecule has 0 saturated carbocycles. The van der Waals surface area contributed by atoms with Gasteiger partial charge in [-0.15, -0.1) is 0 Å². The van der Waals surface area contributed by atoms with Gasteiger partial charge in [0.15, 0.2) is 11.5 Å². The van der Waals surface area contributed by atoms with Crippen LogP contribution in [-0.4, -0.2) is 24.0 Å². The number of pyridine rings is 1. The molecule has 0 saturated heterocycles. The van der Waals surface area contributed by atoms with Gasteiger partial charge in [-0.3, -0.25) is 4.79 Å². The van der Waals surface area contributed by atoms with Crippen LogP contribution < -0.4 is 15.0 Å². The summed E-state index contributed by atoms with van der Waals surface area (Å²) < 4.78 is 16.7. The molecule has 0 N–H and O–H groups in total. The molecule has 0 aliphatic carbocycles. The van der Waals surface area contributed by atoms with Crippen LogP contribution in [0.15, 0.2) is 57.0 Å². The number of aryl methyl sites for hydroxylation is 2. The predicted molar refractivity (Wildman–Crippen MR) is 105 cm³/mol. The van der Waals surface area contributed by atoms with Gasteiger partial charge in [-0.2, -0.15) is 10.4 Å². The molecule has 146 valence electrons. The van der Waals surface area contributed by atoms with Gasteiger partial charge in [0, 0.05) is 5.69 Å².